The minimum atomic E-state index is -4.60. The van der Waals surface area contributed by atoms with E-state index in [-0.39, 0.29) is 18.0 Å². The van der Waals surface area contributed by atoms with Crippen molar-refractivity contribution in [1.29, 1.82) is 0 Å². The number of allylic oxidation sites excluding steroid dienone is 9. The molecule has 0 spiro atoms. The first-order valence-electron chi connectivity index (χ1n) is 10.8. The van der Waals surface area contributed by atoms with Gasteiger partial charge in [0.05, 0.1) is 17.8 Å². The van der Waals surface area contributed by atoms with E-state index in [1.54, 1.807) is 26.8 Å². The average Bonchev–Trinajstić information content (AvgIpc) is 3.08. The van der Waals surface area contributed by atoms with Crippen LogP contribution in [0.15, 0.2) is 76.4 Å². The van der Waals surface area contributed by atoms with Gasteiger partial charge >= 0.3 is 6.18 Å². The van der Waals surface area contributed by atoms with Crippen molar-refractivity contribution in [2.45, 2.75) is 52.8 Å². The second-order valence-corrected chi connectivity index (χ2v) is 8.01. The number of nitrogens with one attached hydrogen (secondary N) is 1. The second-order valence-electron chi connectivity index (χ2n) is 8.01. The van der Waals surface area contributed by atoms with E-state index in [0.717, 1.165) is 30.1 Å². The minimum absolute atomic E-state index is 0.124. The van der Waals surface area contributed by atoms with Gasteiger partial charge in [0.25, 0.3) is 0 Å². The van der Waals surface area contributed by atoms with Crippen LogP contribution < -0.4 is 5.32 Å². The highest BCUT2D eigenvalue weighted by atomic mass is 19.4. The molecule has 0 aromatic carbocycles. The number of nitrogens with zero attached hydrogens (tertiary/aromatic N) is 2. The smallest absolute Gasteiger partial charge is 0.376 e. The van der Waals surface area contributed by atoms with Crippen molar-refractivity contribution in [3.8, 4) is 0 Å². The summed E-state index contributed by atoms with van der Waals surface area (Å²) in [7, 11) is 1.86. The van der Waals surface area contributed by atoms with Gasteiger partial charge in [0.15, 0.2) is 0 Å². The minimum Gasteiger partial charge on any atom is -0.376 e. The second kappa shape index (κ2) is 11.3. The van der Waals surface area contributed by atoms with Crippen LogP contribution in [0.25, 0.3) is 0 Å². The predicted molar refractivity (Wildman–Crippen MR) is 123 cm³/mol. The zero-order chi connectivity index (χ0) is 24.8. The van der Waals surface area contributed by atoms with Gasteiger partial charge in [0, 0.05) is 24.9 Å². The summed E-state index contributed by atoms with van der Waals surface area (Å²) in [6, 6.07) is 2.59. The molecule has 0 bridgehead atoms. The Hall–Kier alpha value is -2.90. The Bertz CT molecular complexity index is 978. The van der Waals surface area contributed by atoms with Crippen LogP contribution in [0, 0.1) is 5.82 Å². The standard InChI is InChI=1S/C25H30F5N3/c1-6-8-17(25(28,29)30)13-20(21(27)7-2)19(16(3)4)14-23-22(11-12-33(23)5)32-24-10-9-18(26)15-31-24/h7-10,13-15,22H,6,11-12H2,1-5H3,(H,31,32)/b17-8-,20-13-,21-7+,23-14-. The van der Waals surface area contributed by atoms with Gasteiger partial charge in [-0.25, -0.2) is 13.8 Å². The number of hydrogen-bond donors (Lipinski definition) is 1. The van der Waals surface area contributed by atoms with Gasteiger partial charge in [-0.2, -0.15) is 13.2 Å². The quantitative estimate of drug-likeness (QED) is 0.338. The van der Waals surface area contributed by atoms with E-state index < -0.39 is 23.4 Å². The van der Waals surface area contributed by atoms with Crippen LogP contribution in [-0.4, -0.2) is 35.7 Å². The van der Waals surface area contributed by atoms with Crippen LogP contribution >= 0.6 is 0 Å². The SMILES string of the molecule is C\C=C(F)/C(=C\C(=C\CC)C(F)(F)F)C(/C=C1/C(Nc2ccc(F)cn2)CCN1C)=C(C)C. The summed E-state index contributed by atoms with van der Waals surface area (Å²) >= 11 is 0. The molecule has 1 unspecified atom stereocenters. The molecule has 0 aliphatic carbocycles. The third-order valence-electron chi connectivity index (χ3n) is 5.28. The Kier molecular flexibility index (Phi) is 9.02. The first-order valence-corrected chi connectivity index (χ1v) is 10.8. The molecule has 3 nitrogen and oxygen atoms in total. The molecular weight excluding hydrogens is 437 g/mol. The maximum atomic E-state index is 14.9. The molecule has 1 aliphatic heterocycles. The Morgan fingerprint density at radius 1 is 1.27 bits per heavy atom. The van der Waals surface area contributed by atoms with Gasteiger partial charge in [-0.3, -0.25) is 0 Å². The number of pyridine rings is 1. The zero-order valence-electron chi connectivity index (χ0n) is 19.5. The Labute approximate surface area is 192 Å². The number of halogens is 5. The molecule has 0 saturated carbocycles. The number of rotatable bonds is 7. The maximum Gasteiger partial charge on any atom is 0.416 e. The maximum absolute atomic E-state index is 14.9. The topological polar surface area (TPSA) is 28.2 Å². The predicted octanol–water partition coefficient (Wildman–Crippen LogP) is 7.26. The normalized spacial score (nSPS) is 19.3. The highest BCUT2D eigenvalue weighted by Gasteiger charge is 2.33. The molecule has 180 valence electrons. The van der Waals surface area contributed by atoms with E-state index in [4.69, 9.17) is 0 Å². The monoisotopic (exact) mass is 467 g/mol. The lowest BCUT2D eigenvalue weighted by molar-refractivity contribution is -0.0884. The van der Waals surface area contributed by atoms with Gasteiger partial charge in [-0.15, -0.1) is 0 Å². The van der Waals surface area contributed by atoms with Crippen LogP contribution in [0.3, 0.4) is 0 Å². The third-order valence-corrected chi connectivity index (χ3v) is 5.28. The van der Waals surface area contributed by atoms with E-state index in [0.29, 0.717) is 29.9 Å². The summed E-state index contributed by atoms with van der Waals surface area (Å²) in [4.78, 5) is 5.98. The van der Waals surface area contributed by atoms with Crippen LogP contribution in [0.1, 0.15) is 40.5 Å². The summed E-state index contributed by atoms with van der Waals surface area (Å²) in [5.41, 5.74) is 0.808. The fraction of sp³-hybridized carbons (Fsp3) is 0.400. The van der Waals surface area contributed by atoms with E-state index in [1.165, 1.54) is 19.1 Å². The van der Waals surface area contributed by atoms with Crippen LogP contribution in [-0.2, 0) is 0 Å². The highest BCUT2D eigenvalue weighted by Crippen LogP contribution is 2.35. The van der Waals surface area contributed by atoms with Crippen LogP contribution in [0.4, 0.5) is 27.8 Å². The first-order chi connectivity index (χ1) is 15.5. The molecule has 1 saturated heterocycles. The highest BCUT2D eigenvalue weighted by molar-refractivity contribution is 5.56. The molecule has 1 fully saturated rings. The van der Waals surface area contributed by atoms with E-state index in [1.807, 2.05) is 11.9 Å². The Balaban J connectivity index is 2.56. The lowest BCUT2D eigenvalue weighted by Crippen LogP contribution is -2.22. The molecule has 2 heterocycles. The molecule has 2 rings (SSSR count). The van der Waals surface area contributed by atoms with Crippen molar-refractivity contribution in [1.82, 2.24) is 9.88 Å². The van der Waals surface area contributed by atoms with E-state index in [2.05, 4.69) is 10.3 Å². The molecule has 1 N–H and O–H groups in total. The molecule has 1 aliphatic rings. The fourth-order valence-electron chi connectivity index (χ4n) is 3.56. The van der Waals surface area contributed by atoms with Crippen molar-refractivity contribution < 1.29 is 22.0 Å². The lowest BCUT2D eigenvalue weighted by Gasteiger charge is -2.21. The summed E-state index contributed by atoms with van der Waals surface area (Å²) in [5, 5.41) is 3.23. The van der Waals surface area contributed by atoms with Crippen molar-refractivity contribution in [2.75, 3.05) is 18.9 Å². The van der Waals surface area contributed by atoms with Gasteiger partial charge in [0.2, 0.25) is 0 Å². The summed E-state index contributed by atoms with van der Waals surface area (Å²) in [5.74, 6) is -0.717. The molecule has 33 heavy (non-hydrogen) atoms. The van der Waals surface area contributed by atoms with Gasteiger partial charge in [0.1, 0.15) is 17.5 Å². The number of likely N-dealkylation sites (N-methyl/N-ethyl adjacent to an activating group) is 1. The Morgan fingerprint density at radius 2 is 1.97 bits per heavy atom. The number of alkyl halides is 3. The number of hydrogen-bond acceptors (Lipinski definition) is 3. The number of anilines is 1. The molecular formula is C25H30F5N3. The van der Waals surface area contributed by atoms with Crippen molar-refractivity contribution in [3.05, 3.63) is 82.3 Å². The lowest BCUT2D eigenvalue weighted by atomic mass is 9.95. The van der Waals surface area contributed by atoms with Gasteiger partial charge < -0.3 is 10.2 Å². The van der Waals surface area contributed by atoms with Crippen LogP contribution in [0.2, 0.25) is 0 Å². The number of aromatic nitrogens is 1. The number of likely N-dealkylation sites (tertiary alicyclic amines) is 1. The van der Waals surface area contributed by atoms with Gasteiger partial charge in [-0.05, 0) is 63.5 Å². The van der Waals surface area contributed by atoms with Gasteiger partial charge in [-0.1, -0.05) is 24.6 Å². The summed E-state index contributed by atoms with van der Waals surface area (Å²) in [6.45, 7) is 7.21. The van der Waals surface area contributed by atoms with Crippen molar-refractivity contribution in [3.63, 3.8) is 0 Å². The summed E-state index contributed by atoms with van der Waals surface area (Å²) in [6.07, 6.45) is 2.17. The van der Waals surface area contributed by atoms with Crippen molar-refractivity contribution in [2.24, 2.45) is 0 Å². The zero-order valence-corrected chi connectivity index (χ0v) is 19.5. The fourth-order valence-corrected chi connectivity index (χ4v) is 3.56. The third kappa shape index (κ3) is 7.04. The largest absolute Gasteiger partial charge is 0.416 e. The Morgan fingerprint density at radius 3 is 2.48 bits per heavy atom. The molecule has 1 atom stereocenters. The molecule has 8 heteroatoms. The average molecular weight is 468 g/mol. The van der Waals surface area contributed by atoms with Crippen LogP contribution in [0.5, 0.6) is 0 Å². The van der Waals surface area contributed by atoms with Crippen molar-refractivity contribution >= 4 is 5.82 Å². The first kappa shape index (κ1) is 26.4. The molecule has 1 aromatic rings. The van der Waals surface area contributed by atoms with E-state index in [9.17, 15) is 22.0 Å². The molecule has 0 amide bonds. The molecule has 1 aromatic heterocycles. The van der Waals surface area contributed by atoms with E-state index >= 15 is 0 Å². The molecule has 0 radical (unpaired) electrons. The summed E-state index contributed by atoms with van der Waals surface area (Å²) < 4.78 is 68.8.